The standard InChI is InChI=1S/C20H29F3N2/c1-24(2)19(10-4-12-25(3)14-19)11-9-15-5-8-17(16-6-7-16)18(13-15)20(21,22)23/h5,8,13,16H,4,6-7,9-12,14H2,1-3H3/t19-/m1/s1. The van der Waals surface area contributed by atoms with E-state index in [0.29, 0.717) is 12.0 Å². The molecule has 1 saturated carbocycles. The van der Waals surface area contributed by atoms with E-state index in [1.54, 1.807) is 6.07 Å². The van der Waals surface area contributed by atoms with Crippen LogP contribution in [0.25, 0.3) is 0 Å². The largest absolute Gasteiger partial charge is 0.416 e. The van der Waals surface area contributed by atoms with Gasteiger partial charge >= 0.3 is 6.18 Å². The molecule has 0 spiro atoms. The van der Waals surface area contributed by atoms with Gasteiger partial charge in [-0.1, -0.05) is 12.1 Å². The zero-order valence-electron chi connectivity index (χ0n) is 15.5. The van der Waals surface area contributed by atoms with Gasteiger partial charge in [0.05, 0.1) is 5.56 Å². The maximum atomic E-state index is 13.5. The van der Waals surface area contributed by atoms with E-state index >= 15 is 0 Å². The van der Waals surface area contributed by atoms with Crippen LogP contribution in [0.15, 0.2) is 18.2 Å². The molecule has 0 radical (unpaired) electrons. The summed E-state index contributed by atoms with van der Waals surface area (Å²) in [6.07, 6.45) is 1.36. The molecule has 5 heteroatoms. The van der Waals surface area contributed by atoms with E-state index in [0.717, 1.165) is 50.8 Å². The van der Waals surface area contributed by atoms with E-state index in [-0.39, 0.29) is 11.5 Å². The first kappa shape index (κ1) is 18.7. The Hall–Kier alpha value is -1.07. The first-order valence-corrected chi connectivity index (χ1v) is 9.27. The molecule has 1 aromatic carbocycles. The number of likely N-dealkylation sites (tertiary alicyclic amines) is 1. The van der Waals surface area contributed by atoms with Crippen molar-refractivity contribution in [2.24, 2.45) is 0 Å². The highest BCUT2D eigenvalue weighted by Gasteiger charge is 2.39. The van der Waals surface area contributed by atoms with Crippen molar-refractivity contribution in [2.75, 3.05) is 34.2 Å². The van der Waals surface area contributed by atoms with Gasteiger partial charge in [-0.25, -0.2) is 0 Å². The van der Waals surface area contributed by atoms with Crippen LogP contribution in [0.4, 0.5) is 13.2 Å². The number of likely N-dealkylation sites (N-methyl/N-ethyl adjacent to an activating group) is 2. The third-order valence-electron chi connectivity index (χ3n) is 6.01. The fraction of sp³-hybridized carbons (Fsp3) is 0.700. The summed E-state index contributed by atoms with van der Waals surface area (Å²) in [5.74, 6) is 0.116. The summed E-state index contributed by atoms with van der Waals surface area (Å²) in [4.78, 5) is 4.60. The number of piperidine rings is 1. The number of alkyl halides is 3. The van der Waals surface area contributed by atoms with E-state index in [4.69, 9.17) is 0 Å². The minimum atomic E-state index is -4.25. The molecule has 2 nitrogen and oxygen atoms in total. The maximum absolute atomic E-state index is 13.5. The molecule has 3 rings (SSSR count). The highest BCUT2D eigenvalue weighted by molar-refractivity contribution is 5.38. The van der Waals surface area contributed by atoms with E-state index in [2.05, 4.69) is 30.9 Å². The van der Waals surface area contributed by atoms with E-state index in [9.17, 15) is 13.2 Å². The topological polar surface area (TPSA) is 6.48 Å². The highest BCUT2D eigenvalue weighted by atomic mass is 19.4. The summed E-state index contributed by atoms with van der Waals surface area (Å²) in [6, 6.07) is 5.05. The Bertz CT molecular complexity index is 607. The molecule has 1 atom stereocenters. The molecule has 0 bridgehead atoms. The van der Waals surface area contributed by atoms with Gasteiger partial charge in [-0.2, -0.15) is 13.2 Å². The van der Waals surface area contributed by atoms with Gasteiger partial charge in [-0.3, -0.25) is 0 Å². The summed E-state index contributed by atoms with van der Waals surface area (Å²) in [7, 11) is 6.32. The fourth-order valence-corrected chi connectivity index (χ4v) is 4.26. The van der Waals surface area contributed by atoms with Gasteiger partial charge in [0.15, 0.2) is 0 Å². The Morgan fingerprint density at radius 3 is 2.52 bits per heavy atom. The van der Waals surface area contributed by atoms with Gasteiger partial charge in [0.1, 0.15) is 0 Å². The molecule has 0 N–H and O–H groups in total. The van der Waals surface area contributed by atoms with Crippen LogP contribution in [0.2, 0.25) is 0 Å². The van der Waals surface area contributed by atoms with E-state index in [1.807, 2.05) is 6.07 Å². The van der Waals surface area contributed by atoms with Crippen LogP contribution in [-0.4, -0.2) is 49.6 Å². The van der Waals surface area contributed by atoms with Crippen molar-refractivity contribution in [2.45, 2.75) is 56.2 Å². The molecule has 25 heavy (non-hydrogen) atoms. The first-order chi connectivity index (χ1) is 11.7. The second kappa shape index (κ2) is 6.92. The lowest BCUT2D eigenvalue weighted by atomic mass is 9.82. The Labute approximate surface area is 149 Å². The highest BCUT2D eigenvalue weighted by Crippen LogP contribution is 2.46. The minimum absolute atomic E-state index is 0.0561. The van der Waals surface area contributed by atoms with Crippen LogP contribution < -0.4 is 0 Å². The molecule has 2 fully saturated rings. The molecular weight excluding hydrogens is 325 g/mol. The van der Waals surface area contributed by atoms with Crippen LogP contribution in [0, 0.1) is 0 Å². The smallest absolute Gasteiger partial charge is 0.305 e. The molecule has 140 valence electrons. The van der Waals surface area contributed by atoms with E-state index < -0.39 is 11.7 Å². The molecule has 1 heterocycles. The number of aryl methyl sites for hydroxylation is 1. The molecule has 0 aromatic heterocycles. The summed E-state index contributed by atoms with van der Waals surface area (Å²) in [5, 5.41) is 0. The summed E-state index contributed by atoms with van der Waals surface area (Å²) in [6.45, 7) is 2.08. The molecule has 0 amide bonds. The van der Waals surface area contributed by atoms with Gasteiger partial charge in [-0.15, -0.1) is 0 Å². The number of hydrogen-bond acceptors (Lipinski definition) is 2. The molecule has 1 aliphatic heterocycles. The first-order valence-electron chi connectivity index (χ1n) is 9.27. The monoisotopic (exact) mass is 354 g/mol. The van der Waals surface area contributed by atoms with Crippen molar-refractivity contribution >= 4 is 0 Å². The lowest BCUT2D eigenvalue weighted by Crippen LogP contribution is -2.55. The number of benzene rings is 1. The molecule has 1 aromatic rings. The van der Waals surface area contributed by atoms with Crippen LogP contribution in [0.5, 0.6) is 0 Å². The Kier molecular flexibility index (Phi) is 5.18. The van der Waals surface area contributed by atoms with Crippen molar-refractivity contribution in [3.63, 3.8) is 0 Å². The van der Waals surface area contributed by atoms with Crippen molar-refractivity contribution in [3.05, 3.63) is 34.9 Å². The molecular formula is C20H29F3N2. The van der Waals surface area contributed by atoms with Gasteiger partial charge in [0.25, 0.3) is 0 Å². The summed E-state index contributed by atoms with van der Waals surface area (Å²) < 4.78 is 40.4. The molecule has 0 unspecified atom stereocenters. The minimum Gasteiger partial charge on any atom is -0.305 e. The van der Waals surface area contributed by atoms with Crippen molar-refractivity contribution in [1.29, 1.82) is 0 Å². The third-order valence-corrected chi connectivity index (χ3v) is 6.01. The van der Waals surface area contributed by atoms with Crippen molar-refractivity contribution in [1.82, 2.24) is 9.80 Å². The van der Waals surface area contributed by atoms with Crippen LogP contribution in [-0.2, 0) is 12.6 Å². The van der Waals surface area contributed by atoms with Crippen molar-refractivity contribution < 1.29 is 13.2 Å². The normalized spacial score (nSPS) is 25.6. The zero-order chi connectivity index (χ0) is 18.2. The van der Waals surface area contributed by atoms with Crippen LogP contribution >= 0.6 is 0 Å². The van der Waals surface area contributed by atoms with Gasteiger partial charge in [0, 0.05) is 12.1 Å². The average Bonchev–Trinajstić information content (AvgIpc) is 3.36. The lowest BCUT2D eigenvalue weighted by Gasteiger charge is -2.46. The third kappa shape index (κ3) is 4.20. The predicted octanol–water partition coefficient (Wildman–Crippen LogP) is 4.54. The predicted molar refractivity (Wildman–Crippen MR) is 94.9 cm³/mol. The Morgan fingerprint density at radius 1 is 1.24 bits per heavy atom. The molecule has 2 aliphatic rings. The SMILES string of the molecule is CN1CCC[C@](CCc2ccc(C3CC3)c(C(F)(F)F)c2)(N(C)C)C1. The number of nitrogens with zero attached hydrogens (tertiary/aromatic N) is 2. The van der Waals surface area contributed by atoms with E-state index in [1.165, 1.54) is 6.07 Å². The Balaban J connectivity index is 1.78. The maximum Gasteiger partial charge on any atom is 0.416 e. The van der Waals surface area contributed by atoms with Crippen LogP contribution in [0.3, 0.4) is 0 Å². The molecule has 1 aliphatic carbocycles. The number of hydrogen-bond donors (Lipinski definition) is 0. The second-order valence-corrected chi connectivity index (χ2v) is 8.15. The van der Waals surface area contributed by atoms with Gasteiger partial charge in [-0.05, 0) is 89.3 Å². The van der Waals surface area contributed by atoms with Gasteiger partial charge in [0.2, 0.25) is 0 Å². The van der Waals surface area contributed by atoms with Crippen molar-refractivity contribution in [3.8, 4) is 0 Å². The summed E-state index contributed by atoms with van der Waals surface area (Å²) in [5.41, 5.74) is 0.954. The quantitative estimate of drug-likeness (QED) is 0.766. The van der Waals surface area contributed by atoms with Crippen LogP contribution in [0.1, 0.15) is 54.7 Å². The van der Waals surface area contributed by atoms with Gasteiger partial charge < -0.3 is 9.80 Å². The Morgan fingerprint density at radius 2 is 1.96 bits per heavy atom. The second-order valence-electron chi connectivity index (χ2n) is 8.15. The lowest BCUT2D eigenvalue weighted by molar-refractivity contribution is -0.138. The fourth-order valence-electron chi connectivity index (χ4n) is 4.26. The number of halogens is 3. The molecule has 1 saturated heterocycles. The summed E-state index contributed by atoms with van der Waals surface area (Å²) >= 11 is 0. The number of rotatable bonds is 5. The zero-order valence-corrected chi connectivity index (χ0v) is 15.5. The average molecular weight is 354 g/mol.